The largest absolute Gasteiger partial charge is 0.385 e. The average molecular weight is 267 g/mol. The number of rotatable bonds is 3. The lowest BCUT2D eigenvalue weighted by molar-refractivity contribution is 0.0951. The normalized spacial score (nSPS) is 13.2. The minimum absolute atomic E-state index is 0.0396. The van der Waals surface area contributed by atoms with Gasteiger partial charge in [-0.05, 0) is 48.2 Å². The molecule has 4 heteroatoms. The van der Waals surface area contributed by atoms with Gasteiger partial charge in [-0.1, -0.05) is 6.07 Å². The van der Waals surface area contributed by atoms with E-state index in [9.17, 15) is 4.79 Å². The highest BCUT2D eigenvalue weighted by Gasteiger charge is 2.12. The first kappa shape index (κ1) is 12.7. The Morgan fingerprint density at radius 2 is 2.30 bits per heavy atom. The Hall–Kier alpha value is -2.36. The van der Waals surface area contributed by atoms with Gasteiger partial charge in [-0.25, -0.2) is 0 Å². The van der Waals surface area contributed by atoms with Crippen LogP contribution in [0.5, 0.6) is 0 Å². The number of aryl methyl sites for hydroxylation is 1. The third-order valence-corrected chi connectivity index (χ3v) is 3.48. The SMILES string of the molecule is O=C(NCc1cccnc1)c1ccc2c(c1)CCCN2. The standard InChI is InChI=1S/C16H17N3O/c20-16(19-11-12-3-1-7-17-10-12)14-5-6-15-13(9-14)4-2-8-18-15/h1,3,5-7,9-10,18H,2,4,8,11H2,(H,19,20). The highest BCUT2D eigenvalue weighted by atomic mass is 16.1. The summed E-state index contributed by atoms with van der Waals surface area (Å²) in [4.78, 5) is 16.2. The summed E-state index contributed by atoms with van der Waals surface area (Å²) in [7, 11) is 0. The zero-order valence-electron chi connectivity index (χ0n) is 11.2. The van der Waals surface area contributed by atoms with Gasteiger partial charge in [0.25, 0.3) is 5.91 Å². The number of carbonyl (C=O) groups is 1. The number of fused-ring (bicyclic) bond motifs is 1. The summed E-state index contributed by atoms with van der Waals surface area (Å²) in [6, 6.07) is 9.67. The predicted octanol–water partition coefficient (Wildman–Crippen LogP) is 2.37. The van der Waals surface area contributed by atoms with E-state index in [1.807, 2.05) is 30.3 Å². The third-order valence-electron chi connectivity index (χ3n) is 3.48. The lowest BCUT2D eigenvalue weighted by atomic mass is 10.0. The summed E-state index contributed by atoms with van der Waals surface area (Å²) >= 11 is 0. The number of carbonyl (C=O) groups excluding carboxylic acids is 1. The maximum atomic E-state index is 12.2. The Labute approximate surface area is 118 Å². The van der Waals surface area contributed by atoms with E-state index in [0.717, 1.165) is 36.2 Å². The summed E-state index contributed by atoms with van der Waals surface area (Å²) in [6.45, 7) is 1.52. The highest BCUT2D eigenvalue weighted by molar-refractivity contribution is 5.94. The number of pyridine rings is 1. The summed E-state index contributed by atoms with van der Waals surface area (Å²) in [5, 5.41) is 6.27. The zero-order chi connectivity index (χ0) is 13.8. The summed E-state index contributed by atoms with van der Waals surface area (Å²) in [5.41, 5.74) is 4.10. The number of hydrogen-bond donors (Lipinski definition) is 2. The van der Waals surface area contributed by atoms with Gasteiger partial charge in [0.1, 0.15) is 0 Å². The van der Waals surface area contributed by atoms with Crippen LogP contribution in [-0.4, -0.2) is 17.4 Å². The van der Waals surface area contributed by atoms with Gasteiger partial charge < -0.3 is 10.6 Å². The summed E-state index contributed by atoms with van der Waals surface area (Å²) in [5.74, 6) is -0.0396. The van der Waals surface area contributed by atoms with E-state index in [2.05, 4.69) is 15.6 Å². The van der Waals surface area contributed by atoms with Gasteiger partial charge in [0, 0.05) is 36.7 Å². The second-order valence-electron chi connectivity index (χ2n) is 4.95. The lowest BCUT2D eigenvalue weighted by Crippen LogP contribution is -2.23. The molecule has 1 aliphatic heterocycles. The van der Waals surface area contributed by atoms with Crippen molar-refractivity contribution in [2.45, 2.75) is 19.4 Å². The molecule has 1 aliphatic rings. The molecule has 0 fully saturated rings. The molecular formula is C16H17N3O. The van der Waals surface area contributed by atoms with Gasteiger partial charge in [-0.15, -0.1) is 0 Å². The van der Waals surface area contributed by atoms with Gasteiger partial charge in [0.15, 0.2) is 0 Å². The van der Waals surface area contributed by atoms with Crippen LogP contribution in [-0.2, 0) is 13.0 Å². The van der Waals surface area contributed by atoms with Crippen molar-refractivity contribution < 1.29 is 4.79 Å². The molecule has 2 N–H and O–H groups in total. The predicted molar refractivity (Wildman–Crippen MR) is 78.7 cm³/mol. The number of amides is 1. The van der Waals surface area contributed by atoms with Crippen molar-refractivity contribution in [1.29, 1.82) is 0 Å². The van der Waals surface area contributed by atoms with Crippen molar-refractivity contribution >= 4 is 11.6 Å². The molecule has 2 heterocycles. The summed E-state index contributed by atoms with van der Waals surface area (Å²) in [6.07, 6.45) is 5.64. The molecule has 1 aromatic heterocycles. The quantitative estimate of drug-likeness (QED) is 0.897. The number of anilines is 1. The van der Waals surface area contributed by atoms with Crippen LogP contribution < -0.4 is 10.6 Å². The van der Waals surface area contributed by atoms with Crippen LogP contribution in [0.2, 0.25) is 0 Å². The number of benzene rings is 1. The van der Waals surface area contributed by atoms with Crippen molar-refractivity contribution in [3.05, 3.63) is 59.4 Å². The van der Waals surface area contributed by atoms with Crippen LogP contribution in [0.25, 0.3) is 0 Å². The molecule has 1 amide bonds. The van der Waals surface area contributed by atoms with E-state index in [1.165, 1.54) is 5.56 Å². The number of hydrogen-bond acceptors (Lipinski definition) is 3. The fourth-order valence-electron chi connectivity index (χ4n) is 2.40. The third kappa shape index (κ3) is 2.79. The Kier molecular flexibility index (Phi) is 3.63. The van der Waals surface area contributed by atoms with Gasteiger partial charge >= 0.3 is 0 Å². The monoisotopic (exact) mass is 267 g/mol. The van der Waals surface area contributed by atoms with Crippen LogP contribution in [0.3, 0.4) is 0 Å². The first-order valence-electron chi connectivity index (χ1n) is 6.87. The van der Waals surface area contributed by atoms with Crippen molar-refractivity contribution in [1.82, 2.24) is 10.3 Å². The molecular weight excluding hydrogens is 250 g/mol. The summed E-state index contributed by atoms with van der Waals surface area (Å²) < 4.78 is 0. The Morgan fingerprint density at radius 3 is 3.15 bits per heavy atom. The minimum atomic E-state index is -0.0396. The number of nitrogens with zero attached hydrogens (tertiary/aromatic N) is 1. The van der Waals surface area contributed by atoms with E-state index in [1.54, 1.807) is 12.4 Å². The van der Waals surface area contributed by atoms with Crippen LogP contribution in [0, 0.1) is 0 Å². The lowest BCUT2D eigenvalue weighted by Gasteiger charge is -2.18. The van der Waals surface area contributed by atoms with Gasteiger partial charge in [0.2, 0.25) is 0 Å². The molecule has 3 rings (SSSR count). The van der Waals surface area contributed by atoms with E-state index >= 15 is 0 Å². The minimum Gasteiger partial charge on any atom is -0.385 e. The smallest absolute Gasteiger partial charge is 0.251 e. The molecule has 4 nitrogen and oxygen atoms in total. The molecule has 0 aliphatic carbocycles. The molecule has 0 radical (unpaired) electrons. The van der Waals surface area contributed by atoms with E-state index in [0.29, 0.717) is 6.54 Å². The topological polar surface area (TPSA) is 54.0 Å². The second kappa shape index (κ2) is 5.74. The molecule has 0 unspecified atom stereocenters. The maximum absolute atomic E-state index is 12.2. The molecule has 1 aromatic carbocycles. The number of aromatic nitrogens is 1. The zero-order valence-corrected chi connectivity index (χ0v) is 11.2. The van der Waals surface area contributed by atoms with E-state index in [4.69, 9.17) is 0 Å². The Bertz CT molecular complexity index is 610. The number of nitrogens with one attached hydrogen (secondary N) is 2. The van der Waals surface area contributed by atoms with E-state index in [-0.39, 0.29) is 5.91 Å². The molecule has 0 bridgehead atoms. The molecule has 0 atom stereocenters. The Morgan fingerprint density at radius 1 is 1.35 bits per heavy atom. The molecule has 0 spiro atoms. The van der Waals surface area contributed by atoms with Crippen LogP contribution >= 0.6 is 0 Å². The first-order valence-corrected chi connectivity index (χ1v) is 6.87. The molecule has 2 aromatic rings. The molecule has 0 saturated carbocycles. The van der Waals surface area contributed by atoms with Gasteiger partial charge in [-0.2, -0.15) is 0 Å². The molecule has 0 saturated heterocycles. The second-order valence-corrected chi connectivity index (χ2v) is 4.95. The van der Waals surface area contributed by atoms with Crippen molar-refractivity contribution in [3.8, 4) is 0 Å². The molecule has 20 heavy (non-hydrogen) atoms. The van der Waals surface area contributed by atoms with Crippen LogP contribution in [0.15, 0.2) is 42.7 Å². The fraction of sp³-hybridized carbons (Fsp3) is 0.250. The van der Waals surface area contributed by atoms with E-state index < -0.39 is 0 Å². The van der Waals surface area contributed by atoms with Crippen LogP contribution in [0.1, 0.15) is 27.9 Å². The first-order chi connectivity index (χ1) is 9.83. The van der Waals surface area contributed by atoms with Crippen molar-refractivity contribution in [3.63, 3.8) is 0 Å². The Balaban J connectivity index is 1.68. The average Bonchev–Trinajstić information content (AvgIpc) is 2.53. The van der Waals surface area contributed by atoms with Gasteiger partial charge in [0.05, 0.1) is 0 Å². The fourth-order valence-corrected chi connectivity index (χ4v) is 2.40. The van der Waals surface area contributed by atoms with Gasteiger partial charge in [-0.3, -0.25) is 9.78 Å². The highest BCUT2D eigenvalue weighted by Crippen LogP contribution is 2.22. The molecule has 102 valence electrons. The van der Waals surface area contributed by atoms with Crippen molar-refractivity contribution in [2.75, 3.05) is 11.9 Å². The maximum Gasteiger partial charge on any atom is 0.251 e. The van der Waals surface area contributed by atoms with Crippen LogP contribution in [0.4, 0.5) is 5.69 Å². The van der Waals surface area contributed by atoms with Crippen molar-refractivity contribution in [2.24, 2.45) is 0 Å².